The standard InChI is InChI=1S/C10H15F2NOS/c1-7-8(5-14-6-10(11)12)3-9(15-7)4-13-2/h3,10,13H,4-6H2,1-2H3. The van der Waals surface area contributed by atoms with Crippen LogP contribution in [0.2, 0.25) is 0 Å². The number of aryl methyl sites for hydroxylation is 1. The van der Waals surface area contributed by atoms with Crippen molar-refractivity contribution in [2.75, 3.05) is 13.7 Å². The van der Waals surface area contributed by atoms with Crippen LogP contribution in [0.5, 0.6) is 0 Å². The van der Waals surface area contributed by atoms with E-state index in [0.717, 1.165) is 17.0 Å². The van der Waals surface area contributed by atoms with Gasteiger partial charge >= 0.3 is 0 Å². The van der Waals surface area contributed by atoms with E-state index in [1.54, 1.807) is 11.3 Å². The summed E-state index contributed by atoms with van der Waals surface area (Å²) < 4.78 is 28.6. The van der Waals surface area contributed by atoms with Gasteiger partial charge in [0.2, 0.25) is 0 Å². The van der Waals surface area contributed by atoms with Crippen molar-refractivity contribution in [3.05, 3.63) is 21.4 Å². The van der Waals surface area contributed by atoms with E-state index in [9.17, 15) is 8.78 Å². The SMILES string of the molecule is CNCc1cc(COCC(F)F)c(C)s1. The van der Waals surface area contributed by atoms with Gasteiger partial charge in [0.15, 0.2) is 0 Å². The first kappa shape index (κ1) is 12.5. The molecule has 0 aromatic carbocycles. The predicted molar refractivity (Wildman–Crippen MR) is 57.5 cm³/mol. The van der Waals surface area contributed by atoms with Crippen molar-refractivity contribution in [1.29, 1.82) is 0 Å². The molecule has 2 nitrogen and oxygen atoms in total. The Bertz CT molecular complexity index is 302. The summed E-state index contributed by atoms with van der Waals surface area (Å²) in [4.78, 5) is 2.33. The van der Waals surface area contributed by atoms with Crippen LogP contribution in [0, 0.1) is 6.92 Å². The van der Waals surface area contributed by atoms with Gasteiger partial charge in [-0.2, -0.15) is 0 Å². The zero-order valence-electron chi connectivity index (χ0n) is 8.85. The molecule has 0 radical (unpaired) electrons. The summed E-state index contributed by atoms with van der Waals surface area (Å²) in [6.07, 6.45) is -2.39. The Hall–Kier alpha value is -0.520. The number of rotatable bonds is 6. The molecule has 0 fully saturated rings. The van der Waals surface area contributed by atoms with Crippen LogP contribution in [-0.4, -0.2) is 20.1 Å². The molecule has 0 atom stereocenters. The first-order valence-electron chi connectivity index (χ1n) is 4.72. The Morgan fingerprint density at radius 1 is 1.53 bits per heavy atom. The maximum absolute atomic E-state index is 11.8. The van der Waals surface area contributed by atoms with E-state index in [1.165, 1.54) is 4.88 Å². The fourth-order valence-electron chi connectivity index (χ4n) is 1.25. The van der Waals surface area contributed by atoms with Crippen molar-refractivity contribution < 1.29 is 13.5 Å². The second kappa shape index (κ2) is 6.15. The summed E-state index contributed by atoms with van der Waals surface area (Å²) >= 11 is 1.67. The first-order chi connectivity index (χ1) is 7.13. The molecule has 0 unspecified atom stereocenters. The number of hydrogen-bond acceptors (Lipinski definition) is 3. The Labute approximate surface area is 92.3 Å². The lowest BCUT2D eigenvalue weighted by atomic mass is 10.2. The minimum absolute atomic E-state index is 0.274. The molecule has 0 amide bonds. The minimum atomic E-state index is -2.39. The lowest BCUT2D eigenvalue weighted by molar-refractivity contribution is 0.00983. The molecule has 1 aromatic heterocycles. The summed E-state index contributed by atoms with van der Waals surface area (Å²) in [7, 11) is 1.88. The van der Waals surface area contributed by atoms with Crippen molar-refractivity contribution in [1.82, 2.24) is 5.32 Å². The quantitative estimate of drug-likeness (QED) is 0.818. The van der Waals surface area contributed by atoms with Crippen LogP contribution in [0.15, 0.2) is 6.07 Å². The van der Waals surface area contributed by atoms with Crippen LogP contribution in [0.4, 0.5) is 8.78 Å². The molecule has 15 heavy (non-hydrogen) atoms. The average Bonchev–Trinajstić information content (AvgIpc) is 2.47. The molecule has 1 rings (SSSR count). The topological polar surface area (TPSA) is 21.3 Å². The summed E-state index contributed by atoms with van der Waals surface area (Å²) in [5.74, 6) is 0. The smallest absolute Gasteiger partial charge is 0.261 e. The number of nitrogens with one attached hydrogen (secondary N) is 1. The fraction of sp³-hybridized carbons (Fsp3) is 0.600. The molecule has 1 heterocycles. The zero-order chi connectivity index (χ0) is 11.3. The van der Waals surface area contributed by atoms with Crippen LogP contribution < -0.4 is 5.32 Å². The van der Waals surface area contributed by atoms with E-state index in [1.807, 2.05) is 20.0 Å². The number of ether oxygens (including phenoxy) is 1. The summed E-state index contributed by atoms with van der Waals surface area (Å²) in [6.45, 7) is 2.57. The maximum Gasteiger partial charge on any atom is 0.261 e. The van der Waals surface area contributed by atoms with Gasteiger partial charge in [0.05, 0.1) is 6.61 Å². The minimum Gasteiger partial charge on any atom is -0.371 e. The molecule has 86 valence electrons. The third-order valence-corrected chi connectivity index (χ3v) is 3.02. The third-order valence-electron chi connectivity index (χ3n) is 1.92. The van der Waals surface area contributed by atoms with E-state index >= 15 is 0 Å². The highest BCUT2D eigenvalue weighted by Crippen LogP contribution is 2.22. The fourth-order valence-corrected chi connectivity index (χ4v) is 2.31. The van der Waals surface area contributed by atoms with Crippen LogP contribution >= 0.6 is 11.3 Å². The second-order valence-electron chi connectivity index (χ2n) is 3.23. The Morgan fingerprint density at radius 2 is 2.27 bits per heavy atom. The van der Waals surface area contributed by atoms with Crippen molar-refractivity contribution in [2.45, 2.75) is 26.5 Å². The summed E-state index contributed by atoms with van der Waals surface area (Å²) in [6, 6.07) is 2.00. The van der Waals surface area contributed by atoms with Gasteiger partial charge in [0.1, 0.15) is 6.61 Å². The highest BCUT2D eigenvalue weighted by Gasteiger charge is 2.07. The van der Waals surface area contributed by atoms with Gasteiger partial charge in [-0.3, -0.25) is 0 Å². The number of hydrogen-bond donors (Lipinski definition) is 1. The van der Waals surface area contributed by atoms with Crippen molar-refractivity contribution in [3.8, 4) is 0 Å². The van der Waals surface area contributed by atoms with Gasteiger partial charge in [-0.15, -0.1) is 11.3 Å². The normalized spacial score (nSPS) is 11.3. The lowest BCUT2D eigenvalue weighted by Crippen LogP contribution is -2.04. The van der Waals surface area contributed by atoms with Crippen LogP contribution in [0.3, 0.4) is 0 Å². The molecule has 0 saturated carbocycles. The predicted octanol–water partition coefficient (Wildman–Crippen LogP) is 2.56. The van der Waals surface area contributed by atoms with Gasteiger partial charge in [0, 0.05) is 16.3 Å². The summed E-state index contributed by atoms with van der Waals surface area (Å²) in [5.41, 5.74) is 1.01. The molecule has 1 aromatic rings. The molecule has 1 N–H and O–H groups in total. The monoisotopic (exact) mass is 235 g/mol. The van der Waals surface area contributed by atoms with Crippen molar-refractivity contribution >= 4 is 11.3 Å². The Morgan fingerprint density at radius 3 is 2.87 bits per heavy atom. The lowest BCUT2D eigenvalue weighted by Gasteiger charge is -2.02. The highest BCUT2D eigenvalue weighted by atomic mass is 32.1. The zero-order valence-corrected chi connectivity index (χ0v) is 9.66. The van der Waals surface area contributed by atoms with Crippen molar-refractivity contribution in [2.24, 2.45) is 0 Å². The largest absolute Gasteiger partial charge is 0.371 e. The van der Waals surface area contributed by atoms with Crippen molar-refractivity contribution in [3.63, 3.8) is 0 Å². The summed E-state index contributed by atoms with van der Waals surface area (Å²) in [5, 5.41) is 3.05. The van der Waals surface area contributed by atoms with Gasteiger partial charge in [0.25, 0.3) is 6.43 Å². The Balaban J connectivity index is 2.46. The maximum atomic E-state index is 11.8. The molecule has 0 aliphatic rings. The van der Waals surface area contributed by atoms with Crippen LogP contribution in [0.25, 0.3) is 0 Å². The van der Waals surface area contributed by atoms with Gasteiger partial charge in [-0.1, -0.05) is 0 Å². The molecular formula is C10H15F2NOS. The Kier molecular flexibility index (Phi) is 5.14. The van der Waals surface area contributed by atoms with E-state index in [4.69, 9.17) is 4.74 Å². The number of alkyl halides is 2. The van der Waals surface area contributed by atoms with Gasteiger partial charge in [-0.25, -0.2) is 8.78 Å². The molecule has 5 heteroatoms. The van der Waals surface area contributed by atoms with Crippen LogP contribution in [0.1, 0.15) is 15.3 Å². The average molecular weight is 235 g/mol. The van der Waals surface area contributed by atoms with Gasteiger partial charge in [-0.05, 0) is 25.6 Å². The van der Waals surface area contributed by atoms with E-state index in [2.05, 4.69) is 5.32 Å². The molecule has 0 aliphatic heterocycles. The first-order valence-corrected chi connectivity index (χ1v) is 5.53. The number of halogens is 2. The third kappa shape index (κ3) is 4.24. The van der Waals surface area contributed by atoms with Gasteiger partial charge < -0.3 is 10.1 Å². The molecule has 0 bridgehead atoms. The molecule has 0 spiro atoms. The molecule has 0 saturated heterocycles. The molecule has 0 aliphatic carbocycles. The second-order valence-corrected chi connectivity index (χ2v) is 4.57. The van der Waals surface area contributed by atoms with E-state index in [0.29, 0.717) is 0 Å². The molecular weight excluding hydrogens is 220 g/mol. The van der Waals surface area contributed by atoms with Crippen LogP contribution in [-0.2, 0) is 17.9 Å². The highest BCUT2D eigenvalue weighted by molar-refractivity contribution is 7.12. The van der Waals surface area contributed by atoms with E-state index < -0.39 is 13.0 Å². The number of thiophene rings is 1. The van der Waals surface area contributed by atoms with E-state index in [-0.39, 0.29) is 6.61 Å².